The molecule has 4 rings (SSSR count). The maximum absolute atomic E-state index is 13.0. The van der Waals surface area contributed by atoms with Gasteiger partial charge in [0, 0.05) is 6.54 Å². The molecule has 2 bridgehead atoms. The molecule has 0 spiro atoms. The quantitative estimate of drug-likeness (QED) is 0.562. The molecular weight excluding hydrogens is 350 g/mol. The van der Waals surface area contributed by atoms with Crippen LogP contribution in [0.3, 0.4) is 0 Å². The first-order valence-corrected chi connectivity index (χ1v) is 8.37. The average Bonchev–Trinajstić information content (AvgIpc) is 3.31. The second-order valence-corrected chi connectivity index (χ2v) is 6.65. The Kier molecular flexibility index (Phi) is 3.74. The molecule has 3 fully saturated rings. The second kappa shape index (κ2) is 5.99. The summed E-state index contributed by atoms with van der Waals surface area (Å²) in [5, 5.41) is 9.00. The third-order valence-corrected chi connectivity index (χ3v) is 5.21. The smallest absolute Gasteiger partial charge is 0.411 e. The molecule has 4 amide bonds. The summed E-state index contributed by atoms with van der Waals surface area (Å²) in [5.74, 6) is 1.82. The summed E-state index contributed by atoms with van der Waals surface area (Å²) in [6.07, 6.45) is 6.40. The van der Waals surface area contributed by atoms with Crippen molar-refractivity contribution in [2.45, 2.75) is 31.5 Å². The Labute approximate surface area is 155 Å². The Bertz CT molecular complexity index is 946. The number of aryl methyl sites for hydroxylation is 1. The van der Waals surface area contributed by atoms with E-state index in [1.165, 1.54) is 16.0 Å². The minimum Gasteiger partial charge on any atom is -0.436 e. The van der Waals surface area contributed by atoms with Crippen molar-refractivity contribution in [3.05, 3.63) is 23.5 Å². The van der Waals surface area contributed by atoms with E-state index in [0.717, 1.165) is 4.90 Å². The van der Waals surface area contributed by atoms with Crippen molar-refractivity contribution in [1.82, 2.24) is 14.8 Å². The first-order valence-electron chi connectivity index (χ1n) is 8.37. The van der Waals surface area contributed by atoms with Crippen LogP contribution in [0.5, 0.6) is 0 Å². The molecule has 27 heavy (non-hydrogen) atoms. The van der Waals surface area contributed by atoms with Gasteiger partial charge in [-0.2, -0.15) is 5.26 Å². The predicted molar refractivity (Wildman–Crippen MR) is 91.3 cm³/mol. The maximum atomic E-state index is 13.0. The number of imide groups is 1. The van der Waals surface area contributed by atoms with Gasteiger partial charge in [0.25, 0.3) is 5.91 Å². The highest BCUT2D eigenvalue weighted by molar-refractivity contribution is 6.22. The van der Waals surface area contributed by atoms with Crippen LogP contribution in [-0.4, -0.2) is 64.1 Å². The fraction of sp³-hybridized carbons (Fsp3) is 0.389. The highest BCUT2D eigenvalue weighted by Crippen LogP contribution is 2.42. The van der Waals surface area contributed by atoms with E-state index in [9.17, 15) is 14.4 Å². The Morgan fingerprint density at radius 3 is 2.93 bits per heavy atom. The minimum atomic E-state index is -0.745. The van der Waals surface area contributed by atoms with Crippen molar-refractivity contribution in [2.24, 2.45) is 0 Å². The average molecular weight is 365 g/mol. The zero-order chi connectivity index (χ0) is 19.3. The highest BCUT2D eigenvalue weighted by Gasteiger charge is 2.63. The van der Waals surface area contributed by atoms with Crippen LogP contribution >= 0.6 is 0 Å². The van der Waals surface area contributed by atoms with E-state index in [2.05, 4.69) is 10.9 Å². The van der Waals surface area contributed by atoms with Crippen LogP contribution in [0.4, 0.5) is 15.3 Å². The van der Waals surface area contributed by atoms with Crippen molar-refractivity contribution in [1.29, 1.82) is 5.26 Å². The SMILES string of the molecule is C#CCOC(=O)N1C[C@H]2CC1[C@@H]1C(=O)N(c3cnc(C#N)c(C)c3)C(=O)N21. The fourth-order valence-corrected chi connectivity index (χ4v) is 4.09. The van der Waals surface area contributed by atoms with Crippen LogP contribution < -0.4 is 4.90 Å². The largest absolute Gasteiger partial charge is 0.436 e. The van der Waals surface area contributed by atoms with E-state index < -0.39 is 30.1 Å². The standard InChI is InChI=1S/C18H15N5O4/c1-3-4-27-18(26)21-9-12-6-14(21)15-16(24)23(17(25)22(12)15)11-5-10(2)13(7-19)20-8-11/h1,5,8,12,14-15H,4,6,9H2,2H3/t12-,14?,15-/m1/s1. The van der Waals surface area contributed by atoms with Gasteiger partial charge in [-0.05, 0) is 25.0 Å². The molecule has 0 N–H and O–H groups in total. The van der Waals surface area contributed by atoms with E-state index in [1.54, 1.807) is 13.0 Å². The van der Waals surface area contributed by atoms with Gasteiger partial charge in [-0.3, -0.25) is 4.79 Å². The molecule has 136 valence electrons. The minimum absolute atomic E-state index is 0.143. The summed E-state index contributed by atoms with van der Waals surface area (Å²) >= 11 is 0. The number of pyridine rings is 1. The number of aromatic nitrogens is 1. The number of terminal acetylenes is 1. The second-order valence-electron chi connectivity index (χ2n) is 6.65. The van der Waals surface area contributed by atoms with Crippen molar-refractivity contribution < 1.29 is 19.1 Å². The topological polar surface area (TPSA) is 107 Å². The lowest BCUT2D eigenvalue weighted by Gasteiger charge is -2.33. The summed E-state index contributed by atoms with van der Waals surface area (Å²) in [7, 11) is 0. The van der Waals surface area contributed by atoms with Gasteiger partial charge in [-0.1, -0.05) is 5.92 Å². The van der Waals surface area contributed by atoms with Gasteiger partial charge in [-0.15, -0.1) is 6.42 Å². The predicted octanol–water partition coefficient (Wildman–Crippen LogP) is 0.625. The summed E-state index contributed by atoms with van der Waals surface area (Å²) in [6, 6.07) is 1.69. The summed E-state index contributed by atoms with van der Waals surface area (Å²) < 4.78 is 4.97. The number of likely N-dealkylation sites (tertiary alicyclic amines) is 1. The number of ether oxygens (including phenoxy) is 1. The summed E-state index contributed by atoms with van der Waals surface area (Å²) in [6.45, 7) is 1.85. The van der Waals surface area contributed by atoms with Crippen molar-refractivity contribution in [3.8, 4) is 18.4 Å². The number of carbonyl (C=O) groups is 3. The molecule has 9 heteroatoms. The number of urea groups is 1. The molecule has 3 aliphatic heterocycles. The normalized spacial score (nSPS) is 25.4. The number of carbonyl (C=O) groups excluding carboxylic acids is 3. The first-order chi connectivity index (χ1) is 13.0. The lowest BCUT2D eigenvalue weighted by Crippen LogP contribution is -2.55. The third-order valence-electron chi connectivity index (χ3n) is 5.21. The number of hydrogen-bond donors (Lipinski definition) is 0. The molecule has 3 aliphatic rings. The number of anilines is 1. The number of amides is 4. The number of fused-ring (bicyclic) bond motifs is 5. The lowest BCUT2D eigenvalue weighted by atomic mass is 10.1. The van der Waals surface area contributed by atoms with Crippen molar-refractivity contribution >= 4 is 23.7 Å². The van der Waals surface area contributed by atoms with Gasteiger partial charge >= 0.3 is 12.1 Å². The van der Waals surface area contributed by atoms with E-state index >= 15 is 0 Å². The van der Waals surface area contributed by atoms with Gasteiger partial charge in [0.2, 0.25) is 0 Å². The Morgan fingerprint density at radius 2 is 2.26 bits per heavy atom. The molecule has 1 unspecified atom stereocenters. The number of nitrogens with zero attached hydrogens (tertiary/aromatic N) is 5. The van der Waals surface area contributed by atoms with E-state index in [4.69, 9.17) is 16.4 Å². The monoisotopic (exact) mass is 365 g/mol. The first kappa shape index (κ1) is 16.9. The molecule has 3 atom stereocenters. The van der Waals surface area contributed by atoms with Crippen LogP contribution in [0.25, 0.3) is 0 Å². The van der Waals surface area contributed by atoms with Gasteiger partial charge < -0.3 is 14.5 Å². The fourth-order valence-electron chi connectivity index (χ4n) is 4.09. The van der Waals surface area contributed by atoms with Crippen LogP contribution in [0.1, 0.15) is 17.7 Å². The van der Waals surface area contributed by atoms with Crippen molar-refractivity contribution in [3.63, 3.8) is 0 Å². The lowest BCUT2D eigenvalue weighted by molar-refractivity contribution is -0.121. The van der Waals surface area contributed by atoms with Gasteiger partial charge in [0.15, 0.2) is 6.61 Å². The number of rotatable bonds is 2. The molecule has 4 heterocycles. The molecule has 9 nitrogen and oxygen atoms in total. The Balaban J connectivity index is 1.61. The van der Waals surface area contributed by atoms with E-state index in [1.807, 2.05) is 6.07 Å². The Morgan fingerprint density at radius 1 is 1.48 bits per heavy atom. The summed E-state index contributed by atoms with van der Waals surface area (Å²) in [5.41, 5.74) is 1.13. The molecule has 1 aromatic rings. The molecule has 0 aliphatic carbocycles. The molecule has 0 aromatic carbocycles. The highest BCUT2D eigenvalue weighted by atomic mass is 16.6. The van der Waals surface area contributed by atoms with Crippen LogP contribution in [-0.2, 0) is 9.53 Å². The zero-order valence-corrected chi connectivity index (χ0v) is 14.5. The number of piperazine rings is 1. The molecular formula is C18H15N5O4. The molecule has 0 saturated carbocycles. The zero-order valence-electron chi connectivity index (χ0n) is 14.5. The third kappa shape index (κ3) is 2.32. The van der Waals surface area contributed by atoms with Crippen molar-refractivity contribution in [2.75, 3.05) is 18.1 Å². The van der Waals surface area contributed by atoms with Crippen LogP contribution in [0, 0.1) is 30.6 Å². The molecule has 3 saturated heterocycles. The number of hydrogen-bond acceptors (Lipinski definition) is 6. The molecule has 0 radical (unpaired) electrons. The van der Waals surface area contributed by atoms with Crippen LogP contribution in [0.2, 0.25) is 0 Å². The van der Waals surface area contributed by atoms with E-state index in [-0.39, 0.29) is 18.3 Å². The Hall–Kier alpha value is -3.59. The summed E-state index contributed by atoms with van der Waals surface area (Å²) in [4.78, 5) is 46.1. The van der Waals surface area contributed by atoms with Gasteiger partial charge in [0.1, 0.15) is 17.8 Å². The van der Waals surface area contributed by atoms with Gasteiger partial charge in [0.05, 0.1) is 24.0 Å². The number of nitriles is 1. The van der Waals surface area contributed by atoms with Gasteiger partial charge in [-0.25, -0.2) is 19.5 Å². The van der Waals surface area contributed by atoms with Crippen LogP contribution in [0.15, 0.2) is 12.3 Å². The molecule has 1 aromatic heterocycles. The van der Waals surface area contributed by atoms with E-state index in [0.29, 0.717) is 24.2 Å². The maximum Gasteiger partial charge on any atom is 0.411 e.